The van der Waals surface area contributed by atoms with Gasteiger partial charge in [-0.2, -0.15) is 5.26 Å². The van der Waals surface area contributed by atoms with Crippen molar-refractivity contribution in [1.29, 1.82) is 5.26 Å². The van der Waals surface area contributed by atoms with E-state index in [2.05, 4.69) is 10.2 Å². The van der Waals surface area contributed by atoms with Gasteiger partial charge in [0.15, 0.2) is 0 Å². The van der Waals surface area contributed by atoms with Crippen LogP contribution >= 0.6 is 0 Å². The molecule has 1 atom stereocenters. The van der Waals surface area contributed by atoms with Crippen LogP contribution in [0.1, 0.15) is 18.9 Å². The van der Waals surface area contributed by atoms with Crippen LogP contribution in [0.25, 0.3) is 0 Å². The Labute approximate surface area is 157 Å². The molecule has 1 fully saturated rings. The number of benzene rings is 1. The van der Waals surface area contributed by atoms with Crippen LogP contribution in [0.4, 0.5) is 9.18 Å². The van der Waals surface area contributed by atoms with Crippen LogP contribution < -0.4 is 10.1 Å². The minimum absolute atomic E-state index is 0.0114. The van der Waals surface area contributed by atoms with Gasteiger partial charge in [0.1, 0.15) is 23.7 Å². The molecule has 1 saturated heterocycles. The van der Waals surface area contributed by atoms with Crippen molar-refractivity contribution >= 4 is 12.0 Å². The third-order valence-corrected chi connectivity index (χ3v) is 4.34. The maximum atomic E-state index is 13.5. The Kier molecular flexibility index (Phi) is 7.37. The molecule has 1 aromatic carbocycles. The summed E-state index contributed by atoms with van der Waals surface area (Å²) in [6, 6.07) is 5.17. The van der Waals surface area contributed by atoms with Crippen LogP contribution in [0.15, 0.2) is 18.2 Å². The van der Waals surface area contributed by atoms with Crippen molar-refractivity contribution in [3.05, 3.63) is 29.6 Å². The molecular formula is C18H23FN4O4. The lowest BCUT2D eigenvalue weighted by Crippen LogP contribution is -2.54. The van der Waals surface area contributed by atoms with E-state index in [9.17, 15) is 14.0 Å². The number of nitriles is 1. The van der Waals surface area contributed by atoms with E-state index >= 15 is 0 Å². The molecule has 0 radical (unpaired) electrons. The summed E-state index contributed by atoms with van der Waals surface area (Å²) in [5.74, 6) is -0.424. The highest BCUT2D eigenvalue weighted by molar-refractivity contribution is 5.85. The number of carboxylic acid groups (broad SMARTS) is 1. The number of amides is 2. The number of halogens is 1. The molecule has 27 heavy (non-hydrogen) atoms. The molecule has 1 aliphatic heterocycles. The number of nitrogens with zero attached hydrogens (tertiary/aromatic N) is 3. The van der Waals surface area contributed by atoms with Crippen molar-refractivity contribution < 1.29 is 23.8 Å². The summed E-state index contributed by atoms with van der Waals surface area (Å²) in [6.45, 7) is 5.24. The topological polar surface area (TPSA) is 106 Å². The van der Waals surface area contributed by atoms with E-state index in [-0.39, 0.29) is 11.5 Å². The maximum absolute atomic E-state index is 13.5. The van der Waals surface area contributed by atoms with Crippen LogP contribution in [0.3, 0.4) is 0 Å². The number of hydrogen-bond acceptors (Lipinski definition) is 5. The zero-order valence-corrected chi connectivity index (χ0v) is 15.2. The lowest BCUT2D eigenvalue weighted by atomic mass is 10.2. The van der Waals surface area contributed by atoms with Crippen LogP contribution in [0, 0.1) is 17.1 Å². The van der Waals surface area contributed by atoms with Crippen LogP contribution in [-0.4, -0.2) is 72.3 Å². The second-order valence-electron chi connectivity index (χ2n) is 6.29. The van der Waals surface area contributed by atoms with E-state index in [1.165, 1.54) is 19.1 Å². The monoisotopic (exact) mass is 378 g/mol. The molecule has 0 bridgehead atoms. The summed E-state index contributed by atoms with van der Waals surface area (Å²) < 4.78 is 19.0. The molecule has 0 aliphatic carbocycles. The Morgan fingerprint density at radius 3 is 2.67 bits per heavy atom. The standard InChI is InChI=1S/C18H23FN4O4/c1-13(21-18(25)26)17(24)23-8-6-22(7-9-23)5-2-10-27-15-4-3-14(12-20)16(19)11-15/h3-4,11,13,21H,2,5-10H2,1H3,(H,25,26)/t13-/m1/s1. The second-order valence-corrected chi connectivity index (χ2v) is 6.29. The highest BCUT2D eigenvalue weighted by Gasteiger charge is 2.25. The first-order valence-electron chi connectivity index (χ1n) is 8.73. The fourth-order valence-electron chi connectivity index (χ4n) is 2.87. The summed E-state index contributed by atoms with van der Waals surface area (Å²) in [6.07, 6.45) is -0.469. The molecular weight excluding hydrogens is 355 g/mol. The number of hydrogen-bond donors (Lipinski definition) is 2. The van der Waals surface area contributed by atoms with Crippen molar-refractivity contribution in [2.24, 2.45) is 0 Å². The van der Waals surface area contributed by atoms with Crippen molar-refractivity contribution in [1.82, 2.24) is 15.1 Å². The van der Waals surface area contributed by atoms with Gasteiger partial charge in [0.2, 0.25) is 5.91 Å². The average molecular weight is 378 g/mol. The molecule has 0 spiro atoms. The quantitative estimate of drug-likeness (QED) is 0.692. The Balaban J connectivity index is 1.66. The SMILES string of the molecule is C[C@@H](NC(=O)O)C(=O)N1CCN(CCCOc2ccc(C#N)c(F)c2)CC1. The zero-order chi connectivity index (χ0) is 19.8. The minimum Gasteiger partial charge on any atom is -0.493 e. The summed E-state index contributed by atoms with van der Waals surface area (Å²) in [5, 5.41) is 19.5. The van der Waals surface area contributed by atoms with Gasteiger partial charge in [-0.05, 0) is 25.5 Å². The Morgan fingerprint density at radius 2 is 2.07 bits per heavy atom. The first-order valence-corrected chi connectivity index (χ1v) is 8.73. The first-order chi connectivity index (χ1) is 12.9. The normalized spacial score (nSPS) is 15.7. The number of nitrogens with one attached hydrogen (secondary N) is 1. The smallest absolute Gasteiger partial charge is 0.405 e. The molecule has 2 amide bonds. The van der Waals surface area contributed by atoms with Crippen LogP contribution in [-0.2, 0) is 4.79 Å². The summed E-state index contributed by atoms with van der Waals surface area (Å²) >= 11 is 0. The van der Waals surface area contributed by atoms with Crippen molar-refractivity contribution in [3.8, 4) is 11.8 Å². The largest absolute Gasteiger partial charge is 0.493 e. The van der Waals surface area contributed by atoms with Gasteiger partial charge in [-0.25, -0.2) is 9.18 Å². The zero-order valence-electron chi connectivity index (χ0n) is 15.2. The molecule has 1 aliphatic rings. The molecule has 2 N–H and O–H groups in total. The minimum atomic E-state index is -1.21. The van der Waals surface area contributed by atoms with Gasteiger partial charge >= 0.3 is 6.09 Å². The summed E-state index contributed by atoms with van der Waals surface area (Å²) in [5.41, 5.74) is -0.0114. The molecule has 0 unspecified atom stereocenters. The van der Waals surface area contributed by atoms with E-state index < -0.39 is 18.0 Å². The maximum Gasteiger partial charge on any atom is 0.405 e. The van der Waals surface area contributed by atoms with E-state index in [0.29, 0.717) is 38.5 Å². The lowest BCUT2D eigenvalue weighted by molar-refractivity contribution is -0.134. The highest BCUT2D eigenvalue weighted by atomic mass is 19.1. The van der Waals surface area contributed by atoms with Crippen LogP contribution in [0.5, 0.6) is 5.75 Å². The van der Waals surface area contributed by atoms with Gasteiger partial charge < -0.3 is 20.1 Å². The van der Waals surface area contributed by atoms with Crippen molar-refractivity contribution in [2.45, 2.75) is 19.4 Å². The van der Waals surface area contributed by atoms with Gasteiger partial charge in [0.05, 0.1) is 12.2 Å². The molecule has 8 nitrogen and oxygen atoms in total. The molecule has 1 heterocycles. The van der Waals surface area contributed by atoms with Gasteiger partial charge in [-0.1, -0.05) is 0 Å². The lowest BCUT2D eigenvalue weighted by Gasteiger charge is -2.35. The van der Waals surface area contributed by atoms with E-state index in [1.54, 1.807) is 17.0 Å². The first kappa shape index (κ1) is 20.5. The van der Waals surface area contributed by atoms with Crippen molar-refractivity contribution in [2.75, 3.05) is 39.3 Å². The average Bonchev–Trinajstić information content (AvgIpc) is 2.64. The Morgan fingerprint density at radius 1 is 1.37 bits per heavy atom. The Bertz CT molecular complexity index is 714. The van der Waals surface area contributed by atoms with Crippen molar-refractivity contribution in [3.63, 3.8) is 0 Å². The summed E-state index contributed by atoms with van der Waals surface area (Å²) in [4.78, 5) is 26.6. The molecule has 0 aromatic heterocycles. The summed E-state index contributed by atoms with van der Waals surface area (Å²) in [7, 11) is 0. The van der Waals surface area contributed by atoms with E-state index in [0.717, 1.165) is 13.0 Å². The second kappa shape index (κ2) is 9.73. The predicted octanol–water partition coefficient (Wildman–Crippen LogP) is 1.27. The number of carbonyl (C=O) groups excluding carboxylic acids is 1. The van der Waals surface area contributed by atoms with Crippen LogP contribution in [0.2, 0.25) is 0 Å². The van der Waals surface area contributed by atoms with Gasteiger partial charge in [0.25, 0.3) is 0 Å². The molecule has 1 aromatic rings. The molecule has 2 rings (SSSR count). The number of piperazine rings is 1. The highest BCUT2D eigenvalue weighted by Crippen LogP contribution is 2.16. The number of carbonyl (C=O) groups is 2. The van der Waals surface area contributed by atoms with Gasteiger partial charge in [-0.3, -0.25) is 9.69 Å². The third-order valence-electron chi connectivity index (χ3n) is 4.34. The number of rotatable bonds is 7. The van der Waals surface area contributed by atoms with E-state index in [4.69, 9.17) is 15.1 Å². The van der Waals surface area contributed by atoms with Gasteiger partial charge in [0, 0.05) is 38.8 Å². The van der Waals surface area contributed by atoms with E-state index in [1.807, 2.05) is 0 Å². The number of ether oxygens (including phenoxy) is 1. The fraction of sp³-hybridized carbons (Fsp3) is 0.500. The predicted molar refractivity (Wildman–Crippen MR) is 94.9 cm³/mol. The molecule has 146 valence electrons. The van der Waals surface area contributed by atoms with Gasteiger partial charge in [-0.15, -0.1) is 0 Å². The fourth-order valence-corrected chi connectivity index (χ4v) is 2.87. The molecule has 9 heteroatoms. The Hall–Kier alpha value is -2.86. The third kappa shape index (κ3) is 6.11. The molecule has 0 saturated carbocycles.